The van der Waals surface area contributed by atoms with Gasteiger partial charge < -0.3 is 5.32 Å². The minimum atomic E-state index is -0.412. The zero-order valence-electron chi connectivity index (χ0n) is 21.1. The van der Waals surface area contributed by atoms with Crippen LogP contribution in [0.15, 0.2) is 90.6 Å². The van der Waals surface area contributed by atoms with Crippen LogP contribution >= 0.6 is 23.6 Å². The van der Waals surface area contributed by atoms with Crippen LogP contribution in [0.3, 0.4) is 0 Å². The number of aromatic nitrogens is 1. The van der Waals surface area contributed by atoms with Crippen LogP contribution < -0.4 is 16.2 Å². The molecule has 0 radical (unpaired) electrons. The van der Waals surface area contributed by atoms with Crippen molar-refractivity contribution in [1.29, 1.82) is 0 Å². The minimum Gasteiger partial charge on any atom is -0.356 e. The van der Waals surface area contributed by atoms with Crippen LogP contribution in [0.1, 0.15) is 36.6 Å². The first-order valence-electron chi connectivity index (χ1n) is 12.6. The van der Waals surface area contributed by atoms with Gasteiger partial charge in [0.2, 0.25) is 0 Å². The van der Waals surface area contributed by atoms with Crippen LogP contribution in [0.5, 0.6) is 0 Å². The Bertz CT molecular complexity index is 1770. The molecule has 1 aliphatic heterocycles. The Morgan fingerprint density at radius 1 is 0.925 bits per heavy atom. The summed E-state index contributed by atoms with van der Waals surface area (Å²) in [4.78, 5) is 44.3. The summed E-state index contributed by atoms with van der Waals surface area (Å²) in [6.07, 6.45) is 3.91. The number of carbonyl (C=O) groups is 3. The average Bonchev–Trinajstić information content (AvgIpc) is 3.50. The van der Waals surface area contributed by atoms with Crippen LogP contribution in [-0.4, -0.2) is 45.3 Å². The van der Waals surface area contributed by atoms with E-state index in [2.05, 4.69) is 38.7 Å². The quantitative estimate of drug-likeness (QED) is 0.159. The molecule has 0 saturated carbocycles. The molecule has 1 atom stereocenters. The third-order valence-electron chi connectivity index (χ3n) is 6.84. The molecule has 3 heterocycles. The zero-order valence-corrected chi connectivity index (χ0v) is 22.7. The summed E-state index contributed by atoms with van der Waals surface area (Å²) in [5, 5.41) is 8.39. The lowest BCUT2D eigenvalue weighted by Gasteiger charge is -2.25. The van der Waals surface area contributed by atoms with E-state index < -0.39 is 6.04 Å². The summed E-state index contributed by atoms with van der Waals surface area (Å²) >= 11 is 7.14. The summed E-state index contributed by atoms with van der Waals surface area (Å²) in [6.45, 7) is 0.102. The van der Waals surface area contributed by atoms with Gasteiger partial charge in [0, 0.05) is 34.6 Å². The second-order valence-electron chi connectivity index (χ2n) is 9.41. The van der Waals surface area contributed by atoms with Crippen molar-refractivity contribution in [3.05, 3.63) is 113 Å². The molecule has 10 heteroatoms. The van der Waals surface area contributed by atoms with E-state index in [1.165, 1.54) is 4.90 Å². The summed E-state index contributed by atoms with van der Waals surface area (Å²) in [7, 11) is 0. The maximum absolute atomic E-state index is 13.1. The number of rotatable bonds is 6. The highest BCUT2D eigenvalue weighted by Gasteiger charge is 2.36. The molecule has 3 aromatic carbocycles. The minimum absolute atomic E-state index is 0.102. The number of nitrogens with one attached hydrogen (secondary N) is 3. The Morgan fingerprint density at radius 2 is 1.68 bits per heavy atom. The van der Waals surface area contributed by atoms with Gasteiger partial charge in [0.05, 0.1) is 17.2 Å². The number of fused-ring (bicyclic) bond motifs is 3. The van der Waals surface area contributed by atoms with E-state index in [0.29, 0.717) is 23.1 Å². The third-order valence-corrected chi connectivity index (χ3v) is 8.07. The number of hydrogen-bond acceptors (Lipinski definition) is 6. The highest BCUT2D eigenvalue weighted by atomic mass is 32.1. The average molecular weight is 566 g/mol. The number of thiocarbonyl (C=S) groups is 1. The van der Waals surface area contributed by atoms with Crippen LogP contribution in [-0.2, 0) is 6.42 Å². The van der Waals surface area contributed by atoms with Gasteiger partial charge in [-0.25, -0.2) is 0 Å². The number of nitrogens with zero attached hydrogens (tertiary/aromatic N) is 2. The maximum Gasteiger partial charge on any atom is 0.269 e. The smallest absolute Gasteiger partial charge is 0.269 e. The van der Waals surface area contributed by atoms with Crippen molar-refractivity contribution < 1.29 is 14.4 Å². The van der Waals surface area contributed by atoms with E-state index in [-0.39, 0.29) is 29.4 Å². The van der Waals surface area contributed by atoms with Gasteiger partial charge in [0.15, 0.2) is 5.11 Å². The molecule has 0 unspecified atom stereocenters. The summed E-state index contributed by atoms with van der Waals surface area (Å²) in [5.74, 6) is -1.02. The predicted molar refractivity (Wildman–Crippen MR) is 159 cm³/mol. The summed E-state index contributed by atoms with van der Waals surface area (Å²) in [5.41, 5.74) is 7.72. The highest BCUT2D eigenvalue weighted by molar-refractivity contribution is 7.80. The Morgan fingerprint density at radius 3 is 2.48 bits per heavy atom. The van der Waals surface area contributed by atoms with Gasteiger partial charge in [-0.1, -0.05) is 36.4 Å². The van der Waals surface area contributed by atoms with E-state index >= 15 is 0 Å². The molecular weight excluding hydrogens is 542 g/mol. The monoisotopic (exact) mass is 565 g/mol. The first-order valence-corrected chi connectivity index (χ1v) is 13.9. The Labute approximate surface area is 239 Å². The van der Waals surface area contributed by atoms with Crippen molar-refractivity contribution in [3.63, 3.8) is 0 Å². The molecule has 5 aromatic rings. The number of benzene rings is 3. The van der Waals surface area contributed by atoms with Crippen LogP contribution in [0.4, 0.5) is 0 Å². The van der Waals surface area contributed by atoms with Gasteiger partial charge in [-0.15, -0.1) is 11.3 Å². The topological polar surface area (TPSA) is 103 Å². The second kappa shape index (κ2) is 10.8. The van der Waals surface area contributed by atoms with E-state index in [4.69, 9.17) is 12.2 Å². The first-order chi connectivity index (χ1) is 19.5. The van der Waals surface area contributed by atoms with Crippen molar-refractivity contribution in [2.24, 2.45) is 0 Å². The number of amides is 3. The lowest BCUT2D eigenvalue weighted by molar-refractivity contribution is 0.0641. The molecule has 3 N–H and O–H groups in total. The summed E-state index contributed by atoms with van der Waals surface area (Å²) in [6, 6.07) is 21.6. The Balaban J connectivity index is 1.18. The molecule has 198 valence electrons. The van der Waals surface area contributed by atoms with E-state index in [9.17, 15) is 14.4 Å². The molecular formula is C30H23N5O3S2. The molecule has 8 nitrogen and oxygen atoms in total. The molecule has 40 heavy (non-hydrogen) atoms. The SMILES string of the molecule is O=C(NNC(=S)N[C@@H](Cc1csc2ccccc12)CN1C(=O)c2ccccc2C1=O)c1ccc2cnccc2c1. The van der Waals surface area contributed by atoms with Crippen molar-refractivity contribution in [3.8, 4) is 0 Å². The normalized spacial score (nSPS) is 13.3. The highest BCUT2D eigenvalue weighted by Crippen LogP contribution is 2.28. The van der Waals surface area contributed by atoms with Crippen LogP contribution in [0, 0.1) is 0 Å². The fourth-order valence-corrected chi connectivity index (χ4v) is 6.07. The molecule has 0 spiro atoms. The molecule has 3 amide bonds. The van der Waals surface area contributed by atoms with Crippen molar-refractivity contribution >= 4 is 67.2 Å². The number of pyridine rings is 1. The predicted octanol–water partition coefficient (Wildman–Crippen LogP) is 4.47. The number of carbonyl (C=O) groups excluding carboxylic acids is 3. The fourth-order valence-electron chi connectivity index (χ4n) is 4.87. The number of imide groups is 1. The summed E-state index contributed by atoms with van der Waals surface area (Å²) < 4.78 is 1.15. The third kappa shape index (κ3) is 5.02. The number of hydrogen-bond donors (Lipinski definition) is 3. The van der Waals surface area contributed by atoms with Gasteiger partial charge in [0.1, 0.15) is 0 Å². The molecule has 0 aliphatic carbocycles. The zero-order chi connectivity index (χ0) is 27.6. The van der Waals surface area contributed by atoms with E-state index in [1.807, 2.05) is 24.3 Å². The first kappa shape index (κ1) is 25.6. The van der Waals surface area contributed by atoms with Gasteiger partial charge in [-0.3, -0.25) is 35.1 Å². The molecule has 2 aromatic heterocycles. The molecule has 1 aliphatic rings. The molecule has 0 bridgehead atoms. The maximum atomic E-state index is 13.1. The van der Waals surface area contributed by atoms with Crippen molar-refractivity contribution in [2.45, 2.75) is 12.5 Å². The van der Waals surface area contributed by atoms with Crippen molar-refractivity contribution in [2.75, 3.05) is 6.54 Å². The van der Waals surface area contributed by atoms with E-state index in [0.717, 1.165) is 26.4 Å². The van der Waals surface area contributed by atoms with Crippen molar-refractivity contribution in [1.82, 2.24) is 26.1 Å². The second-order valence-corrected chi connectivity index (χ2v) is 10.7. The van der Waals surface area contributed by atoms with Crippen LogP contribution in [0.2, 0.25) is 0 Å². The molecule has 0 fully saturated rings. The lowest BCUT2D eigenvalue weighted by atomic mass is 10.0. The Hall–Kier alpha value is -4.67. The van der Waals surface area contributed by atoms with E-state index in [1.54, 1.807) is 60.1 Å². The van der Waals surface area contributed by atoms with Gasteiger partial charge >= 0.3 is 0 Å². The van der Waals surface area contributed by atoms with Gasteiger partial charge in [0.25, 0.3) is 17.7 Å². The largest absolute Gasteiger partial charge is 0.356 e. The molecule has 6 rings (SSSR count). The lowest BCUT2D eigenvalue weighted by Crippen LogP contribution is -2.53. The van der Waals surface area contributed by atoms with Crippen LogP contribution in [0.25, 0.3) is 20.9 Å². The Kier molecular flexibility index (Phi) is 6.93. The fraction of sp³-hybridized carbons (Fsp3) is 0.100. The standard InChI is InChI=1S/C30H23N5O3S2/c36-27(19-9-10-20-15-31-12-11-18(20)13-19)33-34-30(39)32-22(14-21-17-40-26-8-4-3-5-23(21)26)16-35-28(37)24-6-1-2-7-25(24)29(35)38/h1-13,15,17,22H,14,16H2,(H,33,36)(H2,32,34,39)/t22-/m0/s1. The molecule has 0 saturated heterocycles. The number of hydrazine groups is 1. The van der Waals surface area contributed by atoms with Gasteiger partial charge in [-0.2, -0.15) is 0 Å². The number of thiophene rings is 1. The van der Waals surface area contributed by atoms with Gasteiger partial charge in [-0.05, 0) is 76.8 Å².